The number of alkyl halides is 2. The molecule has 0 aliphatic rings. The molecule has 2 aromatic carbocycles. The van der Waals surface area contributed by atoms with Gasteiger partial charge in [0.2, 0.25) is 0 Å². The molecule has 0 unspecified atom stereocenters. The Kier molecular flexibility index (Phi) is 5.66. The molecular formula is C16H16F3NO2. The number of rotatable bonds is 7. The Hall–Kier alpha value is -2.21. The fourth-order valence-electron chi connectivity index (χ4n) is 1.97. The smallest absolute Gasteiger partial charge is 0.387 e. The maximum Gasteiger partial charge on any atom is 0.387 e. The van der Waals surface area contributed by atoms with Crippen molar-refractivity contribution in [3.05, 3.63) is 59.4 Å². The minimum Gasteiger partial charge on any atom is -0.432 e. The molecule has 3 nitrogen and oxygen atoms in total. The lowest BCUT2D eigenvalue weighted by Gasteiger charge is -2.10. The quantitative estimate of drug-likeness (QED) is 0.821. The first kappa shape index (κ1) is 16.2. The standard InChI is InChI=1S/C16H16F3NO2/c17-14-9-12(3-6-15(14)22-16(18)19)10-20-13-4-1-11(2-5-13)7-8-21/h1-6,9,16,20-21H,7-8,10H2. The first-order valence-corrected chi connectivity index (χ1v) is 6.75. The molecule has 0 aromatic heterocycles. The Labute approximate surface area is 126 Å². The molecular weight excluding hydrogens is 295 g/mol. The van der Waals surface area contributed by atoms with Crippen LogP contribution in [-0.2, 0) is 13.0 Å². The van der Waals surface area contributed by atoms with Gasteiger partial charge in [-0.2, -0.15) is 8.78 Å². The highest BCUT2D eigenvalue weighted by atomic mass is 19.3. The van der Waals surface area contributed by atoms with Crippen LogP contribution in [0.2, 0.25) is 0 Å². The van der Waals surface area contributed by atoms with Crippen molar-refractivity contribution in [3.63, 3.8) is 0 Å². The van der Waals surface area contributed by atoms with Crippen molar-refractivity contribution in [3.8, 4) is 5.75 Å². The van der Waals surface area contributed by atoms with E-state index in [4.69, 9.17) is 5.11 Å². The molecule has 0 heterocycles. The van der Waals surface area contributed by atoms with Gasteiger partial charge in [-0.15, -0.1) is 0 Å². The number of hydrogen-bond donors (Lipinski definition) is 2. The summed E-state index contributed by atoms with van der Waals surface area (Å²) in [5, 5.41) is 11.9. The van der Waals surface area contributed by atoms with Gasteiger partial charge in [0, 0.05) is 18.8 Å². The van der Waals surface area contributed by atoms with Gasteiger partial charge in [-0.25, -0.2) is 4.39 Å². The van der Waals surface area contributed by atoms with Crippen LogP contribution in [0, 0.1) is 5.82 Å². The van der Waals surface area contributed by atoms with Gasteiger partial charge in [-0.05, 0) is 41.8 Å². The van der Waals surface area contributed by atoms with E-state index in [1.165, 1.54) is 12.1 Å². The molecule has 0 fully saturated rings. The third-order valence-electron chi connectivity index (χ3n) is 3.06. The van der Waals surface area contributed by atoms with E-state index in [0.717, 1.165) is 17.3 Å². The Morgan fingerprint density at radius 1 is 1.05 bits per heavy atom. The van der Waals surface area contributed by atoms with Gasteiger partial charge in [-0.1, -0.05) is 18.2 Å². The van der Waals surface area contributed by atoms with Crippen LogP contribution in [0.5, 0.6) is 5.75 Å². The highest BCUT2D eigenvalue weighted by Gasteiger charge is 2.10. The molecule has 2 N–H and O–H groups in total. The zero-order valence-corrected chi connectivity index (χ0v) is 11.7. The average Bonchev–Trinajstić information content (AvgIpc) is 2.49. The number of ether oxygens (including phenoxy) is 1. The Morgan fingerprint density at radius 2 is 1.73 bits per heavy atom. The van der Waals surface area contributed by atoms with Crippen LogP contribution in [0.4, 0.5) is 18.9 Å². The molecule has 22 heavy (non-hydrogen) atoms. The molecule has 0 spiro atoms. The zero-order valence-electron chi connectivity index (χ0n) is 11.7. The number of anilines is 1. The van der Waals surface area contributed by atoms with E-state index in [1.807, 2.05) is 24.3 Å². The fourth-order valence-corrected chi connectivity index (χ4v) is 1.97. The zero-order chi connectivity index (χ0) is 15.9. The van der Waals surface area contributed by atoms with Gasteiger partial charge < -0.3 is 15.2 Å². The highest BCUT2D eigenvalue weighted by molar-refractivity contribution is 5.45. The molecule has 0 saturated heterocycles. The molecule has 2 rings (SSSR count). The van der Waals surface area contributed by atoms with Crippen LogP contribution in [0.25, 0.3) is 0 Å². The normalized spacial score (nSPS) is 10.8. The number of hydrogen-bond acceptors (Lipinski definition) is 3. The maximum absolute atomic E-state index is 13.6. The molecule has 0 aliphatic carbocycles. The number of aliphatic hydroxyl groups excluding tert-OH is 1. The topological polar surface area (TPSA) is 41.5 Å². The van der Waals surface area contributed by atoms with Crippen molar-refractivity contribution in [2.45, 2.75) is 19.6 Å². The predicted octanol–water partition coefficient (Wildman–Crippen LogP) is 3.57. The SMILES string of the molecule is OCCc1ccc(NCc2ccc(OC(F)F)c(F)c2)cc1. The Balaban J connectivity index is 1.95. The summed E-state index contributed by atoms with van der Waals surface area (Å²) in [7, 11) is 0. The van der Waals surface area contributed by atoms with E-state index >= 15 is 0 Å². The van der Waals surface area contributed by atoms with E-state index in [2.05, 4.69) is 10.1 Å². The van der Waals surface area contributed by atoms with E-state index in [-0.39, 0.29) is 6.61 Å². The fraction of sp³-hybridized carbons (Fsp3) is 0.250. The van der Waals surface area contributed by atoms with Crippen molar-refractivity contribution in [1.82, 2.24) is 0 Å². The van der Waals surface area contributed by atoms with Gasteiger partial charge >= 0.3 is 6.61 Å². The summed E-state index contributed by atoms with van der Waals surface area (Å²) in [6.07, 6.45) is 0.594. The van der Waals surface area contributed by atoms with E-state index in [1.54, 1.807) is 0 Å². The van der Waals surface area contributed by atoms with Gasteiger partial charge in [0.05, 0.1) is 0 Å². The van der Waals surface area contributed by atoms with E-state index < -0.39 is 18.2 Å². The third kappa shape index (κ3) is 4.66. The largest absolute Gasteiger partial charge is 0.432 e. The van der Waals surface area contributed by atoms with Crippen LogP contribution in [-0.4, -0.2) is 18.3 Å². The van der Waals surface area contributed by atoms with Crippen LogP contribution in [0.15, 0.2) is 42.5 Å². The number of nitrogens with one attached hydrogen (secondary N) is 1. The summed E-state index contributed by atoms with van der Waals surface area (Å²) in [5.74, 6) is -1.29. The summed E-state index contributed by atoms with van der Waals surface area (Å²) < 4.78 is 41.7. The number of aliphatic hydroxyl groups is 1. The first-order valence-electron chi connectivity index (χ1n) is 6.75. The summed E-state index contributed by atoms with van der Waals surface area (Å²) >= 11 is 0. The molecule has 0 amide bonds. The van der Waals surface area contributed by atoms with Crippen LogP contribution in [0.3, 0.4) is 0 Å². The van der Waals surface area contributed by atoms with Gasteiger partial charge in [0.25, 0.3) is 0 Å². The van der Waals surface area contributed by atoms with Gasteiger partial charge in [0.1, 0.15) is 0 Å². The lowest BCUT2D eigenvalue weighted by Crippen LogP contribution is -2.05. The highest BCUT2D eigenvalue weighted by Crippen LogP contribution is 2.21. The van der Waals surface area contributed by atoms with E-state index in [9.17, 15) is 13.2 Å². The summed E-state index contributed by atoms with van der Waals surface area (Å²) in [4.78, 5) is 0. The minimum atomic E-state index is -3.05. The van der Waals surface area contributed by atoms with Crippen molar-refractivity contribution in [2.75, 3.05) is 11.9 Å². The molecule has 2 aromatic rings. The van der Waals surface area contributed by atoms with Gasteiger partial charge in [0.15, 0.2) is 11.6 Å². The molecule has 0 aliphatic heterocycles. The van der Waals surface area contributed by atoms with Crippen molar-refractivity contribution in [1.29, 1.82) is 0 Å². The molecule has 118 valence electrons. The first-order chi connectivity index (χ1) is 10.6. The molecule has 6 heteroatoms. The van der Waals surface area contributed by atoms with Crippen molar-refractivity contribution < 1.29 is 23.0 Å². The Morgan fingerprint density at radius 3 is 2.32 bits per heavy atom. The third-order valence-corrected chi connectivity index (χ3v) is 3.06. The van der Waals surface area contributed by atoms with Crippen molar-refractivity contribution >= 4 is 5.69 Å². The minimum absolute atomic E-state index is 0.0963. The summed E-state index contributed by atoms with van der Waals surface area (Å²) in [6.45, 7) is -2.60. The average molecular weight is 311 g/mol. The summed E-state index contributed by atoms with van der Waals surface area (Å²) in [5.41, 5.74) is 2.47. The van der Waals surface area contributed by atoms with E-state index in [0.29, 0.717) is 18.5 Å². The molecule has 0 atom stereocenters. The number of benzene rings is 2. The van der Waals surface area contributed by atoms with Crippen molar-refractivity contribution in [2.24, 2.45) is 0 Å². The lowest BCUT2D eigenvalue weighted by atomic mass is 10.1. The maximum atomic E-state index is 13.6. The molecule has 0 radical (unpaired) electrons. The predicted molar refractivity (Wildman–Crippen MR) is 77.6 cm³/mol. The summed E-state index contributed by atoms with van der Waals surface area (Å²) in [6, 6.07) is 11.4. The second-order valence-electron chi connectivity index (χ2n) is 4.67. The van der Waals surface area contributed by atoms with Crippen LogP contribution in [0.1, 0.15) is 11.1 Å². The second-order valence-corrected chi connectivity index (χ2v) is 4.67. The van der Waals surface area contributed by atoms with Crippen LogP contribution >= 0.6 is 0 Å². The number of halogens is 3. The second kappa shape index (κ2) is 7.70. The monoisotopic (exact) mass is 311 g/mol. The molecule has 0 saturated carbocycles. The van der Waals surface area contributed by atoms with Gasteiger partial charge in [-0.3, -0.25) is 0 Å². The Bertz CT molecular complexity index is 603. The molecule has 0 bridgehead atoms. The van der Waals surface area contributed by atoms with Crippen LogP contribution < -0.4 is 10.1 Å². The lowest BCUT2D eigenvalue weighted by molar-refractivity contribution is -0.0522.